The van der Waals surface area contributed by atoms with Gasteiger partial charge in [0.25, 0.3) is 0 Å². The van der Waals surface area contributed by atoms with Gasteiger partial charge < -0.3 is 4.90 Å². The molecule has 0 atom stereocenters. The molecule has 0 amide bonds. The highest BCUT2D eigenvalue weighted by Gasteiger charge is 2.10. The van der Waals surface area contributed by atoms with Gasteiger partial charge in [0.1, 0.15) is 0 Å². The van der Waals surface area contributed by atoms with Crippen molar-refractivity contribution in [3.05, 3.63) is 42.5 Å². The highest BCUT2D eigenvalue weighted by molar-refractivity contribution is 5.68. The molecule has 1 heterocycles. The van der Waals surface area contributed by atoms with Crippen molar-refractivity contribution in [1.29, 1.82) is 0 Å². The Balaban J connectivity index is 1.94. The normalized spacial score (nSPS) is 16.6. The van der Waals surface area contributed by atoms with E-state index in [1.165, 1.54) is 49.2 Å². The highest BCUT2D eigenvalue weighted by atomic mass is 15.1. The second kappa shape index (κ2) is 4.17. The summed E-state index contributed by atoms with van der Waals surface area (Å²) in [5.74, 6) is 0. The Morgan fingerprint density at radius 2 is 1.31 bits per heavy atom. The fourth-order valence-electron chi connectivity index (χ4n) is 2.52. The van der Waals surface area contributed by atoms with E-state index in [1.54, 1.807) is 0 Å². The molecule has 0 saturated carbocycles. The molecule has 0 aromatic heterocycles. The third kappa shape index (κ3) is 1.78. The Morgan fingerprint density at radius 1 is 0.688 bits per heavy atom. The molecule has 0 radical (unpaired) electrons. The van der Waals surface area contributed by atoms with Crippen LogP contribution in [0.15, 0.2) is 42.5 Å². The molecule has 3 rings (SSSR count). The monoisotopic (exact) mass is 211 g/mol. The number of fused-ring (bicyclic) bond motifs is 1. The first kappa shape index (κ1) is 9.71. The van der Waals surface area contributed by atoms with Gasteiger partial charge in [0.2, 0.25) is 0 Å². The highest BCUT2D eigenvalue weighted by Crippen LogP contribution is 2.26. The van der Waals surface area contributed by atoms with Crippen molar-refractivity contribution in [2.75, 3.05) is 18.0 Å². The van der Waals surface area contributed by atoms with E-state index in [1.807, 2.05) is 0 Å². The van der Waals surface area contributed by atoms with E-state index < -0.39 is 0 Å². The van der Waals surface area contributed by atoms with Crippen molar-refractivity contribution in [2.24, 2.45) is 0 Å². The molecule has 16 heavy (non-hydrogen) atoms. The molecular formula is C15H17N. The molecule has 0 spiro atoms. The molecule has 82 valence electrons. The minimum absolute atomic E-state index is 1.22. The number of hydrogen-bond acceptors (Lipinski definition) is 1. The van der Waals surface area contributed by atoms with E-state index >= 15 is 0 Å². The Bertz CT molecular complexity index is 412. The summed E-state index contributed by atoms with van der Waals surface area (Å²) in [6.07, 6.45) is 4.07. The molecule has 2 aliphatic carbocycles. The zero-order chi connectivity index (χ0) is 10.8. The van der Waals surface area contributed by atoms with Crippen molar-refractivity contribution in [3.8, 4) is 11.1 Å². The van der Waals surface area contributed by atoms with E-state index in [4.69, 9.17) is 0 Å². The van der Waals surface area contributed by atoms with Gasteiger partial charge in [-0.3, -0.25) is 0 Å². The fourth-order valence-corrected chi connectivity index (χ4v) is 2.52. The molecule has 0 bridgehead atoms. The Hall–Kier alpha value is -1.50. The molecule has 0 aromatic carbocycles. The summed E-state index contributed by atoms with van der Waals surface area (Å²) in [4.78, 5) is 2.50. The second-order valence-electron chi connectivity index (χ2n) is 4.58. The summed E-state index contributed by atoms with van der Waals surface area (Å²) in [5.41, 5.74) is 4.04. The average Bonchev–Trinajstić information content (AvgIpc) is 2.70. The second-order valence-corrected chi connectivity index (χ2v) is 4.58. The van der Waals surface area contributed by atoms with Crippen LogP contribution in [0.1, 0.15) is 19.3 Å². The van der Waals surface area contributed by atoms with Crippen LogP contribution in [-0.4, -0.2) is 13.1 Å². The van der Waals surface area contributed by atoms with Crippen LogP contribution in [0.3, 0.4) is 0 Å². The quantitative estimate of drug-likeness (QED) is 0.694. The third-order valence-electron chi connectivity index (χ3n) is 3.47. The topological polar surface area (TPSA) is 3.24 Å². The summed E-state index contributed by atoms with van der Waals surface area (Å²) in [5, 5.41) is 0. The number of anilines is 1. The minimum atomic E-state index is 1.22. The molecule has 0 aromatic rings. The summed E-state index contributed by atoms with van der Waals surface area (Å²) in [6, 6.07) is 15.5. The van der Waals surface area contributed by atoms with Gasteiger partial charge in [-0.05, 0) is 42.5 Å². The van der Waals surface area contributed by atoms with E-state index in [0.717, 1.165) is 0 Å². The third-order valence-corrected chi connectivity index (χ3v) is 3.47. The van der Waals surface area contributed by atoms with Crippen molar-refractivity contribution in [2.45, 2.75) is 19.3 Å². The first-order valence-corrected chi connectivity index (χ1v) is 6.17. The summed E-state index contributed by atoms with van der Waals surface area (Å²) in [7, 11) is 0. The fraction of sp³-hybridized carbons (Fsp3) is 0.333. The predicted octanol–water partition coefficient (Wildman–Crippen LogP) is 3.78. The molecule has 1 heteroatoms. The zero-order valence-corrected chi connectivity index (χ0v) is 9.52. The SMILES string of the molecule is c1cc2ccc(N3CCCCC3)ccc-2c1. The first-order valence-electron chi connectivity index (χ1n) is 6.17. The zero-order valence-electron chi connectivity index (χ0n) is 9.52. The minimum Gasteiger partial charge on any atom is -0.372 e. The van der Waals surface area contributed by atoms with Gasteiger partial charge in [0.15, 0.2) is 0 Å². The number of piperidine rings is 1. The van der Waals surface area contributed by atoms with Crippen LogP contribution in [0.4, 0.5) is 5.69 Å². The van der Waals surface area contributed by atoms with Crippen LogP contribution in [0.5, 0.6) is 0 Å². The molecule has 1 nitrogen and oxygen atoms in total. The van der Waals surface area contributed by atoms with Gasteiger partial charge in [-0.15, -0.1) is 0 Å². The van der Waals surface area contributed by atoms with Crippen LogP contribution in [0.25, 0.3) is 11.1 Å². The van der Waals surface area contributed by atoms with E-state index in [0.29, 0.717) is 0 Å². The number of rotatable bonds is 1. The van der Waals surface area contributed by atoms with Gasteiger partial charge in [0, 0.05) is 18.8 Å². The van der Waals surface area contributed by atoms with E-state index in [9.17, 15) is 0 Å². The maximum Gasteiger partial charge on any atom is 0.0366 e. The summed E-state index contributed by atoms with van der Waals surface area (Å²) < 4.78 is 0. The van der Waals surface area contributed by atoms with Crippen molar-refractivity contribution < 1.29 is 0 Å². The Morgan fingerprint density at radius 3 is 1.94 bits per heavy atom. The summed E-state index contributed by atoms with van der Waals surface area (Å²) >= 11 is 0. The van der Waals surface area contributed by atoms with Gasteiger partial charge in [-0.1, -0.05) is 30.3 Å². The van der Waals surface area contributed by atoms with Crippen molar-refractivity contribution in [1.82, 2.24) is 0 Å². The van der Waals surface area contributed by atoms with Crippen LogP contribution < -0.4 is 4.90 Å². The molecule has 0 unspecified atom stereocenters. The lowest BCUT2D eigenvalue weighted by Crippen LogP contribution is -2.28. The van der Waals surface area contributed by atoms with Crippen molar-refractivity contribution >= 4 is 5.69 Å². The lowest BCUT2D eigenvalue weighted by atomic mass is 10.1. The van der Waals surface area contributed by atoms with E-state index in [2.05, 4.69) is 47.4 Å². The molecule has 1 fully saturated rings. The smallest absolute Gasteiger partial charge is 0.0366 e. The Kier molecular flexibility index (Phi) is 2.53. The molecule has 1 saturated heterocycles. The van der Waals surface area contributed by atoms with Crippen LogP contribution in [-0.2, 0) is 0 Å². The van der Waals surface area contributed by atoms with E-state index in [-0.39, 0.29) is 0 Å². The van der Waals surface area contributed by atoms with Gasteiger partial charge >= 0.3 is 0 Å². The molecule has 0 N–H and O–H groups in total. The standard InChI is InChI=1S/C15H17N/c1-2-11-16(12-3-1)15-9-7-13-5-4-6-14(13)8-10-15/h4-10H,1-3,11-12H2. The number of nitrogens with zero attached hydrogens (tertiary/aromatic N) is 1. The molecule has 1 aliphatic heterocycles. The number of hydrogen-bond donors (Lipinski definition) is 0. The largest absolute Gasteiger partial charge is 0.372 e. The van der Waals surface area contributed by atoms with Gasteiger partial charge in [-0.25, -0.2) is 0 Å². The van der Waals surface area contributed by atoms with Crippen LogP contribution in [0, 0.1) is 0 Å². The van der Waals surface area contributed by atoms with Gasteiger partial charge in [-0.2, -0.15) is 0 Å². The van der Waals surface area contributed by atoms with Gasteiger partial charge in [0.05, 0.1) is 0 Å². The molecule has 3 aliphatic rings. The first-order chi connectivity index (χ1) is 7.93. The summed E-state index contributed by atoms with van der Waals surface area (Å²) in [6.45, 7) is 2.43. The maximum absolute atomic E-state index is 2.50. The van der Waals surface area contributed by atoms with Crippen LogP contribution in [0.2, 0.25) is 0 Å². The molecular weight excluding hydrogens is 194 g/mol. The Labute approximate surface area is 97.0 Å². The average molecular weight is 211 g/mol. The lowest BCUT2D eigenvalue weighted by molar-refractivity contribution is 0.578. The van der Waals surface area contributed by atoms with Crippen molar-refractivity contribution in [3.63, 3.8) is 0 Å². The lowest BCUT2D eigenvalue weighted by Gasteiger charge is -2.28. The predicted molar refractivity (Wildman–Crippen MR) is 69.1 cm³/mol. The van der Waals surface area contributed by atoms with Crippen LogP contribution >= 0.6 is 0 Å². The maximum atomic E-state index is 2.50.